The summed E-state index contributed by atoms with van der Waals surface area (Å²) in [4.78, 5) is 46.5. The summed E-state index contributed by atoms with van der Waals surface area (Å²) in [6.45, 7) is 0. The van der Waals surface area contributed by atoms with Crippen LogP contribution in [0.2, 0.25) is 0 Å². The van der Waals surface area contributed by atoms with Crippen molar-refractivity contribution in [2.45, 2.75) is 30.6 Å². The lowest BCUT2D eigenvalue weighted by Crippen LogP contribution is -2.77. The number of rotatable bonds is 4. The van der Waals surface area contributed by atoms with Crippen LogP contribution in [-0.2, 0) is 0 Å². The van der Waals surface area contributed by atoms with Gasteiger partial charge in [0.1, 0.15) is 5.66 Å². The molecule has 2 aliphatic heterocycles. The summed E-state index contributed by atoms with van der Waals surface area (Å²) >= 11 is 0. The molecule has 170 valence electrons. The Balaban J connectivity index is 1.51. The van der Waals surface area contributed by atoms with Gasteiger partial charge in [-0.2, -0.15) is 0 Å². The van der Waals surface area contributed by atoms with Crippen molar-refractivity contribution in [2.24, 2.45) is 11.8 Å². The highest BCUT2D eigenvalue weighted by Gasteiger charge is 2.62. The molecule has 3 aliphatic rings. The molecule has 4 unspecified atom stereocenters. The average molecular weight is 452 g/mol. The van der Waals surface area contributed by atoms with Crippen LogP contribution in [0.5, 0.6) is 0 Å². The van der Waals surface area contributed by atoms with Crippen LogP contribution in [0.1, 0.15) is 36.1 Å². The Hall–Kier alpha value is -4.22. The number of urea groups is 2. The third-order valence-corrected chi connectivity index (χ3v) is 6.90. The molecule has 0 aromatic heterocycles. The maximum absolute atomic E-state index is 12.7. The van der Waals surface area contributed by atoms with Crippen LogP contribution in [0.25, 0.3) is 0 Å². The molecule has 4 N–H and O–H groups in total. The summed E-state index contributed by atoms with van der Waals surface area (Å²) in [5, 5.41) is 33.7. The molecule has 2 heterocycles. The minimum atomic E-state index is -1.04. The minimum absolute atomic E-state index is 0.0496. The quantitative estimate of drug-likeness (QED) is 0.411. The molecule has 1 aliphatic carbocycles. The molecule has 33 heavy (non-hydrogen) atoms. The minimum Gasteiger partial charge on any atom is -0.331 e. The SMILES string of the molecule is O=C1NC(c2ccc([N+](=O)[O-])cc2)C2CCC3C(c4ccc([N+](=O)[O-])cc4)NC(=O)NC23N1. The molecule has 0 bridgehead atoms. The number of nitro groups is 2. The first-order valence-corrected chi connectivity index (χ1v) is 10.4. The van der Waals surface area contributed by atoms with Gasteiger partial charge in [0.2, 0.25) is 0 Å². The Morgan fingerprint density at radius 3 is 1.39 bits per heavy atom. The smallest absolute Gasteiger partial charge is 0.317 e. The molecule has 2 aromatic rings. The lowest BCUT2D eigenvalue weighted by Gasteiger charge is -2.52. The third-order valence-electron chi connectivity index (χ3n) is 6.90. The molecule has 1 saturated carbocycles. The van der Waals surface area contributed by atoms with E-state index in [9.17, 15) is 29.8 Å². The van der Waals surface area contributed by atoms with E-state index in [1.54, 1.807) is 24.3 Å². The fraction of sp³-hybridized carbons (Fsp3) is 0.333. The van der Waals surface area contributed by atoms with Gasteiger partial charge >= 0.3 is 12.1 Å². The summed E-state index contributed by atoms with van der Waals surface area (Å²) in [5.41, 5.74) is 0.280. The fourth-order valence-electron chi connectivity index (χ4n) is 5.52. The van der Waals surface area contributed by atoms with E-state index in [1.165, 1.54) is 24.3 Å². The van der Waals surface area contributed by atoms with Crippen LogP contribution in [0.3, 0.4) is 0 Å². The summed E-state index contributed by atoms with van der Waals surface area (Å²) in [6, 6.07) is 10.2. The Morgan fingerprint density at radius 1 is 0.697 bits per heavy atom. The number of carbonyl (C=O) groups is 2. The maximum atomic E-state index is 12.7. The fourth-order valence-corrected chi connectivity index (χ4v) is 5.52. The number of nitrogens with one attached hydrogen (secondary N) is 4. The Morgan fingerprint density at radius 2 is 1.06 bits per heavy atom. The first-order valence-electron chi connectivity index (χ1n) is 10.4. The van der Waals surface area contributed by atoms with Gasteiger partial charge in [-0.3, -0.25) is 20.2 Å². The number of hydrogen-bond donors (Lipinski definition) is 4. The zero-order valence-electron chi connectivity index (χ0n) is 17.2. The number of nitro benzene ring substituents is 2. The number of nitrogens with zero attached hydrogens (tertiary/aromatic N) is 2. The van der Waals surface area contributed by atoms with Crippen molar-refractivity contribution < 1.29 is 19.4 Å². The third kappa shape index (κ3) is 3.30. The van der Waals surface area contributed by atoms with E-state index >= 15 is 0 Å². The van der Waals surface area contributed by atoms with Gasteiger partial charge in [-0.25, -0.2) is 9.59 Å². The van der Waals surface area contributed by atoms with Crippen molar-refractivity contribution >= 4 is 23.4 Å². The van der Waals surface area contributed by atoms with Gasteiger partial charge in [-0.05, 0) is 24.0 Å². The molecule has 12 heteroatoms. The Kier molecular flexibility index (Phi) is 4.65. The topological polar surface area (TPSA) is 169 Å². The summed E-state index contributed by atoms with van der Waals surface area (Å²) in [5.74, 6) is -0.429. The van der Waals surface area contributed by atoms with E-state index in [0.29, 0.717) is 24.0 Å². The molecule has 12 nitrogen and oxygen atoms in total. The van der Waals surface area contributed by atoms with E-state index in [2.05, 4.69) is 21.3 Å². The number of amides is 4. The number of carbonyl (C=O) groups excluding carboxylic acids is 2. The second kappa shape index (κ2) is 7.43. The summed E-state index contributed by atoms with van der Waals surface area (Å²) in [7, 11) is 0. The second-order valence-electron chi connectivity index (χ2n) is 8.51. The number of benzene rings is 2. The zero-order chi connectivity index (χ0) is 23.3. The average Bonchev–Trinajstić information content (AvgIpc) is 3.16. The summed E-state index contributed by atoms with van der Waals surface area (Å²) < 4.78 is 0. The highest BCUT2D eigenvalue weighted by molar-refractivity contribution is 5.82. The van der Waals surface area contributed by atoms with Crippen LogP contribution in [0.4, 0.5) is 21.0 Å². The van der Waals surface area contributed by atoms with Gasteiger partial charge in [-0.15, -0.1) is 0 Å². The van der Waals surface area contributed by atoms with E-state index < -0.39 is 39.7 Å². The lowest BCUT2D eigenvalue weighted by atomic mass is 9.75. The normalized spacial score (nSPS) is 30.1. The molecule has 2 saturated heterocycles. The van der Waals surface area contributed by atoms with E-state index in [-0.39, 0.29) is 23.2 Å². The van der Waals surface area contributed by atoms with E-state index in [0.717, 1.165) is 0 Å². The molecule has 3 fully saturated rings. The Labute approximate surface area is 187 Å². The molecule has 4 amide bonds. The highest BCUT2D eigenvalue weighted by atomic mass is 16.6. The molecule has 5 rings (SSSR count). The van der Waals surface area contributed by atoms with Crippen molar-refractivity contribution in [3.63, 3.8) is 0 Å². The van der Waals surface area contributed by atoms with E-state index in [4.69, 9.17) is 0 Å². The molecular formula is C21H20N6O6. The Bertz CT molecular complexity index is 1060. The van der Waals surface area contributed by atoms with Gasteiger partial charge in [-0.1, -0.05) is 24.3 Å². The molecule has 0 radical (unpaired) electrons. The molecule has 4 atom stereocenters. The first kappa shape index (κ1) is 20.7. The van der Waals surface area contributed by atoms with Crippen LogP contribution in [-0.4, -0.2) is 27.6 Å². The van der Waals surface area contributed by atoms with Gasteiger partial charge in [0, 0.05) is 36.1 Å². The van der Waals surface area contributed by atoms with Crippen LogP contribution >= 0.6 is 0 Å². The largest absolute Gasteiger partial charge is 0.331 e. The van der Waals surface area contributed by atoms with Gasteiger partial charge in [0.05, 0.1) is 21.9 Å². The summed E-state index contributed by atoms with van der Waals surface area (Å²) in [6.07, 6.45) is 1.34. The van der Waals surface area contributed by atoms with Crippen molar-refractivity contribution in [3.05, 3.63) is 79.9 Å². The maximum Gasteiger partial charge on any atom is 0.317 e. The number of non-ortho nitro benzene ring substituents is 2. The zero-order valence-corrected chi connectivity index (χ0v) is 17.2. The van der Waals surface area contributed by atoms with Crippen LogP contribution in [0, 0.1) is 32.1 Å². The van der Waals surface area contributed by atoms with Gasteiger partial charge < -0.3 is 21.3 Å². The van der Waals surface area contributed by atoms with Crippen molar-refractivity contribution in [3.8, 4) is 0 Å². The van der Waals surface area contributed by atoms with Crippen LogP contribution < -0.4 is 21.3 Å². The molecule has 1 spiro atoms. The first-order chi connectivity index (χ1) is 15.8. The molecular weight excluding hydrogens is 432 g/mol. The van der Waals surface area contributed by atoms with Crippen molar-refractivity contribution in [1.82, 2.24) is 21.3 Å². The van der Waals surface area contributed by atoms with Crippen LogP contribution in [0.15, 0.2) is 48.5 Å². The second-order valence-corrected chi connectivity index (χ2v) is 8.51. The molecule has 2 aromatic carbocycles. The monoisotopic (exact) mass is 452 g/mol. The van der Waals surface area contributed by atoms with Gasteiger partial charge in [0.15, 0.2) is 0 Å². The van der Waals surface area contributed by atoms with E-state index in [1.807, 2.05) is 0 Å². The van der Waals surface area contributed by atoms with Gasteiger partial charge in [0.25, 0.3) is 11.4 Å². The predicted molar refractivity (Wildman–Crippen MR) is 114 cm³/mol. The predicted octanol–water partition coefficient (Wildman–Crippen LogP) is 2.63. The van der Waals surface area contributed by atoms with Crippen molar-refractivity contribution in [1.29, 1.82) is 0 Å². The highest BCUT2D eigenvalue weighted by Crippen LogP contribution is 2.52. The van der Waals surface area contributed by atoms with Crippen molar-refractivity contribution in [2.75, 3.05) is 0 Å². The standard InChI is InChI=1S/C21H20N6O6/c28-19-22-17(11-1-5-13(6-2-11)26(30)31)15-9-10-16-18(23-20(29)25-21(15,16)24-19)12-3-7-14(8-4-12)27(32)33/h1-8,15-18H,9-10H2,(H2,22,24,28)(H2,23,25,29). The number of hydrogen-bond acceptors (Lipinski definition) is 6. The lowest BCUT2D eigenvalue weighted by molar-refractivity contribution is -0.385.